The van der Waals surface area contributed by atoms with Crippen LogP contribution in [0.5, 0.6) is 11.5 Å². The largest absolute Gasteiger partial charge is 0.451 e. The van der Waals surface area contributed by atoms with Gasteiger partial charge < -0.3 is 14.5 Å². The van der Waals surface area contributed by atoms with Crippen molar-refractivity contribution in [2.45, 2.75) is 26.2 Å². The molecule has 0 unspecified atom stereocenters. The quantitative estimate of drug-likeness (QED) is 0.251. The van der Waals surface area contributed by atoms with Gasteiger partial charge in [0.2, 0.25) is 0 Å². The summed E-state index contributed by atoms with van der Waals surface area (Å²) in [4.78, 5) is 4.72. The Morgan fingerprint density at radius 2 is 1.27 bits per heavy atom. The zero-order chi connectivity index (χ0) is 25.1. The summed E-state index contributed by atoms with van der Waals surface area (Å²) in [6.45, 7) is 6.80. The molecule has 5 aromatic rings. The van der Waals surface area contributed by atoms with Crippen LogP contribution >= 0.6 is 0 Å². The SMILES string of the molecule is Cc1cccc2c1N1c3ccccc3C(C)(C)c3ccc(N(c4ccccc4)c4ccccc4)c(c31)O2. The van der Waals surface area contributed by atoms with Gasteiger partial charge in [-0.15, -0.1) is 0 Å². The van der Waals surface area contributed by atoms with Crippen LogP contribution < -0.4 is 14.5 Å². The summed E-state index contributed by atoms with van der Waals surface area (Å²) >= 11 is 0. The molecule has 0 saturated heterocycles. The molecule has 0 saturated carbocycles. The van der Waals surface area contributed by atoms with Gasteiger partial charge in [-0.05, 0) is 66.1 Å². The molecule has 0 atom stereocenters. The summed E-state index contributed by atoms with van der Waals surface area (Å²) in [7, 11) is 0. The highest BCUT2D eigenvalue weighted by molar-refractivity contribution is 5.98. The van der Waals surface area contributed by atoms with Crippen molar-refractivity contribution in [2.75, 3.05) is 9.80 Å². The van der Waals surface area contributed by atoms with E-state index in [1.807, 2.05) is 0 Å². The number of para-hydroxylation sites is 4. The van der Waals surface area contributed by atoms with Gasteiger partial charge in [-0.3, -0.25) is 0 Å². The van der Waals surface area contributed by atoms with E-state index in [1.54, 1.807) is 0 Å². The lowest BCUT2D eigenvalue weighted by Crippen LogP contribution is -2.33. The van der Waals surface area contributed by atoms with Crippen LogP contribution in [0.25, 0.3) is 0 Å². The van der Waals surface area contributed by atoms with Crippen LogP contribution in [-0.4, -0.2) is 0 Å². The van der Waals surface area contributed by atoms with Crippen molar-refractivity contribution in [3.63, 3.8) is 0 Å². The Balaban J connectivity index is 1.57. The summed E-state index contributed by atoms with van der Waals surface area (Å²) in [5, 5.41) is 0. The fourth-order valence-electron chi connectivity index (χ4n) is 5.95. The number of nitrogens with zero attached hydrogens (tertiary/aromatic N) is 2. The van der Waals surface area contributed by atoms with Gasteiger partial charge >= 0.3 is 0 Å². The van der Waals surface area contributed by atoms with Crippen LogP contribution in [0, 0.1) is 6.92 Å². The van der Waals surface area contributed by atoms with E-state index in [-0.39, 0.29) is 5.41 Å². The van der Waals surface area contributed by atoms with Gasteiger partial charge in [0.15, 0.2) is 11.5 Å². The van der Waals surface area contributed by atoms with E-state index >= 15 is 0 Å². The first-order chi connectivity index (χ1) is 18.1. The van der Waals surface area contributed by atoms with E-state index in [4.69, 9.17) is 4.74 Å². The molecular weight excluding hydrogens is 452 g/mol. The third-order valence-corrected chi connectivity index (χ3v) is 7.73. The summed E-state index contributed by atoms with van der Waals surface area (Å²) in [6.07, 6.45) is 0. The van der Waals surface area contributed by atoms with Gasteiger partial charge in [-0.25, -0.2) is 0 Å². The Labute approximate surface area is 218 Å². The number of benzene rings is 5. The zero-order valence-corrected chi connectivity index (χ0v) is 21.3. The molecule has 2 aliphatic rings. The van der Waals surface area contributed by atoms with Crippen molar-refractivity contribution in [2.24, 2.45) is 0 Å². The van der Waals surface area contributed by atoms with Crippen molar-refractivity contribution in [3.05, 3.63) is 132 Å². The Bertz CT molecular complexity index is 1600. The van der Waals surface area contributed by atoms with Gasteiger partial charge in [-0.1, -0.05) is 86.6 Å². The Kier molecular flexibility index (Phi) is 4.71. The second kappa shape index (κ2) is 8.01. The van der Waals surface area contributed by atoms with Crippen LogP contribution in [0.2, 0.25) is 0 Å². The maximum absolute atomic E-state index is 6.89. The van der Waals surface area contributed by atoms with Crippen molar-refractivity contribution >= 4 is 34.1 Å². The molecule has 7 rings (SSSR count). The van der Waals surface area contributed by atoms with E-state index < -0.39 is 0 Å². The van der Waals surface area contributed by atoms with Gasteiger partial charge in [0.1, 0.15) is 0 Å². The average molecular weight is 481 g/mol. The second-order valence-corrected chi connectivity index (χ2v) is 10.3. The Morgan fingerprint density at radius 1 is 0.622 bits per heavy atom. The van der Waals surface area contributed by atoms with Crippen molar-refractivity contribution in [3.8, 4) is 11.5 Å². The zero-order valence-electron chi connectivity index (χ0n) is 21.3. The van der Waals surface area contributed by atoms with E-state index in [2.05, 4.69) is 146 Å². The van der Waals surface area contributed by atoms with Crippen LogP contribution in [-0.2, 0) is 5.41 Å². The Morgan fingerprint density at radius 3 is 1.97 bits per heavy atom. The highest BCUT2D eigenvalue weighted by Gasteiger charge is 2.43. The normalized spacial score (nSPS) is 14.2. The molecule has 3 nitrogen and oxygen atoms in total. The number of fused-ring (bicyclic) bond motifs is 4. The molecule has 0 bridgehead atoms. The summed E-state index contributed by atoms with van der Waals surface area (Å²) in [5.41, 5.74) is 10.2. The van der Waals surface area contributed by atoms with Crippen molar-refractivity contribution < 1.29 is 4.74 Å². The highest BCUT2D eigenvalue weighted by atomic mass is 16.5. The van der Waals surface area contributed by atoms with Crippen molar-refractivity contribution in [1.82, 2.24) is 0 Å². The minimum atomic E-state index is -0.177. The molecule has 0 N–H and O–H groups in total. The number of hydrogen-bond donors (Lipinski definition) is 0. The third-order valence-electron chi connectivity index (χ3n) is 7.73. The topological polar surface area (TPSA) is 15.7 Å². The van der Waals surface area contributed by atoms with Gasteiger partial charge in [-0.2, -0.15) is 0 Å². The van der Waals surface area contributed by atoms with E-state index in [0.29, 0.717) is 0 Å². The monoisotopic (exact) mass is 480 g/mol. The van der Waals surface area contributed by atoms with E-state index in [1.165, 1.54) is 22.4 Å². The molecule has 2 aliphatic heterocycles. The first-order valence-electron chi connectivity index (χ1n) is 12.8. The third kappa shape index (κ3) is 3.14. The van der Waals surface area contributed by atoms with Gasteiger partial charge in [0, 0.05) is 16.8 Å². The molecule has 37 heavy (non-hydrogen) atoms. The van der Waals surface area contributed by atoms with Crippen LogP contribution in [0.3, 0.4) is 0 Å². The first kappa shape index (κ1) is 21.8. The lowest BCUT2D eigenvalue weighted by Gasteiger charge is -2.46. The lowest BCUT2D eigenvalue weighted by molar-refractivity contribution is 0.472. The summed E-state index contributed by atoms with van der Waals surface area (Å²) in [5.74, 6) is 1.76. The average Bonchev–Trinajstić information content (AvgIpc) is 2.93. The van der Waals surface area contributed by atoms with Crippen molar-refractivity contribution in [1.29, 1.82) is 0 Å². The van der Waals surface area contributed by atoms with Crippen LogP contribution in [0.1, 0.15) is 30.5 Å². The predicted octanol–water partition coefficient (Wildman–Crippen LogP) is 9.68. The highest BCUT2D eigenvalue weighted by Crippen LogP contribution is 2.63. The molecule has 0 aliphatic carbocycles. The number of anilines is 6. The second-order valence-electron chi connectivity index (χ2n) is 10.3. The fraction of sp³-hybridized carbons (Fsp3) is 0.118. The smallest absolute Gasteiger partial charge is 0.175 e. The minimum Gasteiger partial charge on any atom is -0.451 e. The predicted molar refractivity (Wildman–Crippen MR) is 153 cm³/mol. The first-order valence-corrected chi connectivity index (χ1v) is 12.8. The number of rotatable bonds is 3. The van der Waals surface area contributed by atoms with E-state index in [9.17, 15) is 0 Å². The summed E-state index contributed by atoms with van der Waals surface area (Å²) in [6, 6.07) is 40.7. The van der Waals surface area contributed by atoms with Gasteiger partial charge in [0.05, 0.1) is 22.7 Å². The molecule has 0 fully saturated rings. The molecule has 180 valence electrons. The van der Waals surface area contributed by atoms with Crippen LogP contribution in [0.15, 0.2) is 115 Å². The van der Waals surface area contributed by atoms with E-state index in [0.717, 1.165) is 39.9 Å². The number of hydrogen-bond acceptors (Lipinski definition) is 3. The standard InChI is InChI=1S/C34H28N2O/c1-23-13-12-20-30-31(23)36-28-19-11-10-18-26(28)34(2,3)27-21-22-29(33(37-30)32(27)36)35(24-14-6-4-7-15-24)25-16-8-5-9-17-25/h4-22H,1-3H3. The number of aryl methyl sites for hydroxylation is 1. The molecule has 5 aromatic carbocycles. The minimum absolute atomic E-state index is 0.177. The molecule has 0 radical (unpaired) electrons. The molecule has 0 amide bonds. The Hall–Kier alpha value is -4.50. The number of ether oxygens (including phenoxy) is 1. The van der Waals surface area contributed by atoms with Crippen LogP contribution in [0.4, 0.5) is 34.1 Å². The molecule has 2 heterocycles. The maximum Gasteiger partial charge on any atom is 0.175 e. The lowest BCUT2D eigenvalue weighted by atomic mass is 9.73. The maximum atomic E-state index is 6.89. The van der Waals surface area contributed by atoms with Gasteiger partial charge in [0.25, 0.3) is 0 Å². The summed E-state index contributed by atoms with van der Waals surface area (Å²) < 4.78 is 6.89. The molecule has 3 heteroatoms. The molecule has 0 spiro atoms. The molecule has 0 aromatic heterocycles. The molecular formula is C34H28N2O. The fourth-order valence-corrected chi connectivity index (χ4v) is 5.95.